The Morgan fingerprint density at radius 3 is 2.82 bits per heavy atom. The summed E-state index contributed by atoms with van der Waals surface area (Å²) in [7, 11) is 1.33. The van der Waals surface area contributed by atoms with E-state index in [0.717, 1.165) is 10.9 Å². The lowest BCUT2D eigenvalue weighted by atomic mass is 10.1. The zero-order valence-electron chi connectivity index (χ0n) is 9.04. The Bertz CT molecular complexity index is 586. The molecule has 0 aliphatic heterocycles. The number of hydrogen-bond acceptors (Lipinski definition) is 3. The van der Waals surface area contributed by atoms with Crippen LogP contribution in [0.2, 0.25) is 5.02 Å². The number of pyridine rings is 1. The number of esters is 1. The molecule has 1 aromatic heterocycles. The first kappa shape index (κ1) is 12.3. The van der Waals surface area contributed by atoms with Crippen molar-refractivity contribution in [1.29, 1.82) is 0 Å². The van der Waals surface area contributed by atoms with Crippen molar-refractivity contribution in [1.82, 2.24) is 4.98 Å². The van der Waals surface area contributed by atoms with Crippen molar-refractivity contribution >= 4 is 44.4 Å². The van der Waals surface area contributed by atoms with Crippen LogP contribution in [0.5, 0.6) is 0 Å². The number of carbonyl (C=O) groups excluding carboxylic acids is 1. The third-order valence-electron chi connectivity index (χ3n) is 2.42. The van der Waals surface area contributed by atoms with Crippen molar-refractivity contribution in [2.45, 2.75) is 5.33 Å². The second-order valence-corrected chi connectivity index (χ2v) is 4.33. The largest absolute Gasteiger partial charge is 0.465 e. The van der Waals surface area contributed by atoms with Crippen LogP contribution in [0.3, 0.4) is 0 Å². The number of ether oxygens (including phenoxy) is 1. The molecular weight excluding hydrogens is 305 g/mol. The summed E-state index contributed by atoms with van der Waals surface area (Å²) < 4.78 is 4.72. The van der Waals surface area contributed by atoms with Gasteiger partial charge >= 0.3 is 5.97 Å². The van der Waals surface area contributed by atoms with E-state index in [2.05, 4.69) is 20.9 Å². The fourth-order valence-corrected chi connectivity index (χ4v) is 2.38. The topological polar surface area (TPSA) is 39.2 Å². The van der Waals surface area contributed by atoms with Gasteiger partial charge in [0.15, 0.2) is 0 Å². The first-order valence-corrected chi connectivity index (χ1v) is 6.40. The number of fused-ring (bicyclic) bond motifs is 1. The van der Waals surface area contributed by atoms with E-state index in [1.54, 1.807) is 0 Å². The number of para-hydroxylation sites is 1. The predicted octanol–water partition coefficient (Wildman–Crippen LogP) is 3.57. The van der Waals surface area contributed by atoms with E-state index in [9.17, 15) is 4.79 Å². The highest BCUT2D eigenvalue weighted by atomic mass is 79.9. The molecule has 0 spiro atoms. The van der Waals surface area contributed by atoms with Gasteiger partial charge in [-0.05, 0) is 6.07 Å². The third kappa shape index (κ3) is 2.15. The van der Waals surface area contributed by atoms with Gasteiger partial charge in [-0.15, -0.1) is 0 Å². The van der Waals surface area contributed by atoms with Crippen LogP contribution in [0.25, 0.3) is 10.9 Å². The molecule has 2 rings (SSSR count). The lowest BCUT2D eigenvalue weighted by molar-refractivity contribution is 0.0599. The molecule has 0 bridgehead atoms. The van der Waals surface area contributed by atoms with Crippen LogP contribution >= 0.6 is 27.5 Å². The Hall–Kier alpha value is -1.13. The first-order valence-electron chi connectivity index (χ1n) is 4.90. The summed E-state index contributed by atoms with van der Waals surface area (Å²) in [4.78, 5) is 16.1. The van der Waals surface area contributed by atoms with E-state index in [1.165, 1.54) is 7.11 Å². The number of methoxy groups -OCH3 is 1. The van der Waals surface area contributed by atoms with Gasteiger partial charge in [-0.2, -0.15) is 0 Å². The number of carbonyl (C=O) groups is 1. The minimum Gasteiger partial charge on any atom is -0.465 e. The molecule has 5 heteroatoms. The van der Waals surface area contributed by atoms with Crippen LogP contribution in [-0.4, -0.2) is 18.1 Å². The van der Waals surface area contributed by atoms with E-state index >= 15 is 0 Å². The summed E-state index contributed by atoms with van der Waals surface area (Å²) in [6.07, 6.45) is 0. The van der Waals surface area contributed by atoms with Crippen molar-refractivity contribution in [3.8, 4) is 0 Å². The maximum Gasteiger partial charge on any atom is 0.341 e. The van der Waals surface area contributed by atoms with Gasteiger partial charge in [0, 0.05) is 10.7 Å². The minimum atomic E-state index is -0.470. The van der Waals surface area contributed by atoms with Gasteiger partial charge < -0.3 is 4.74 Å². The Morgan fingerprint density at radius 1 is 1.47 bits per heavy atom. The molecule has 0 N–H and O–H groups in total. The maximum absolute atomic E-state index is 11.7. The molecule has 88 valence electrons. The van der Waals surface area contributed by atoms with Crippen molar-refractivity contribution in [3.63, 3.8) is 0 Å². The first-order chi connectivity index (χ1) is 8.19. The summed E-state index contributed by atoms with van der Waals surface area (Å²) in [5.41, 5.74) is 1.67. The normalized spacial score (nSPS) is 10.5. The van der Waals surface area contributed by atoms with Gasteiger partial charge in [-0.25, -0.2) is 4.79 Å². The molecule has 1 heterocycles. The van der Waals surface area contributed by atoms with Crippen LogP contribution < -0.4 is 0 Å². The monoisotopic (exact) mass is 313 g/mol. The standard InChI is InChI=1S/C12H9BrClNO2/c1-17-12(16)10-9(6-13)15-8-5-3-2-4-7(8)11(10)14/h2-5H,6H2,1H3. The van der Waals surface area contributed by atoms with Crippen molar-refractivity contribution in [2.24, 2.45) is 0 Å². The third-order valence-corrected chi connectivity index (χ3v) is 3.34. The molecule has 0 unspecified atom stereocenters. The number of halogens is 2. The summed E-state index contributed by atoms with van der Waals surface area (Å²) >= 11 is 9.53. The van der Waals surface area contributed by atoms with Gasteiger partial charge in [-0.3, -0.25) is 4.98 Å². The zero-order valence-corrected chi connectivity index (χ0v) is 11.4. The Kier molecular flexibility index (Phi) is 3.64. The van der Waals surface area contributed by atoms with Crippen molar-refractivity contribution in [3.05, 3.63) is 40.5 Å². The number of alkyl halides is 1. The Balaban J connectivity index is 2.81. The van der Waals surface area contributed by atoms with Gasteiger partial charge in [0.1, 0.15) is 5.56 Å². The van der Waals surface area contributed by atoms with E-state index in [1.807, 2.05) is 24.3 Å². The molecule has 0 amide bonds. The van der Waals surface area contributed by atoms with Crippen LogP contribution in [-0.2, 0) is 10.1 Å². The molecule has 17 heavy (non-hydrogen) atoms. The predicted molar refractivity (Wildman–Crippen MR) is 70.7 cm³/mol. The van der Waals surface area contributed by atoms with E-state index in [-0.39, 0.29) is 0 Å². The molecule has 0 saturated heterocycles. The molecule has 0 aliphatic rings. The van der Waals surface area contributed by atoms with Gasteiger partial charge in [0.25, 0.3) is 0 Å². The second kappa shape index (κ2) is 5.02. The SMILES string of the molecule is COC(=O)c1c(CBr)nc2ccccc2c1Cl. The summed E-state index contributed by atoms with van der Waals surface area (Å²) in [6.45, 7) is 0. The van der Waals surface area contributed by atoms with E-state index in [0.29, 0.717) is 21.6 Å². The fourth-order valence-electron chi connectivity index (χ4n) is 1.63. The summed E-state index contributed by atoms with van der Waals surface area (Å²) in [5, 5.41) is 1.58. The Labute approximate surface area is 112 Å². The lowest BCUT2D eigenvalue weighted by Crippen LogP contribution is -2.08. The molecule has 2 aromatic rings. The van der Waals surface area contributed by atoms with E-state index in [4.69, 9.17) is 16.3 Å². The highest BCUT2D eigenvalue weighted by Gasteiger charge is 2.19. The van der Waals surface area contributed by atoms with Crippen LogP contribution in [0.4, 0.5) is 0 Å². The van der Waals surface area contributed by atoms with Crippen molar-refractivity contribution < 1.29 is 9.53 Å². The minimum absolute atomic E-state index is 0.324. The van der Waals surface area contributed by atoms with E-state index < -0.39 is 5.97 Å². The lowest BCUT2D eigenvalue weighted by Gasteiger charge is -2.09. The smallest absolute Gasteiger partial charge is 0.341 e. The summed E-state index contributed by atoms with van der Waals surface area (Å²) in [5.74, 6) is -0.470. The zero-order chi connectivity index (χ0) is 12.4. The molecular formula is C12H9BrClNO2. The second-order valence-electron chi connectivity index (χ2n) is 3.39. The number of hydrogen-bond donors (Lipinski definition) is 0. The van der Waals surface area contributed by atoms with Crippen molar-refractivity contribution in [2.75, 3.05) is 7.11 Å². The van der Waals surface area contributed by atoms with Crippen LogP contribution in [0.1, 0.15) is 16.1 Å². The van der Waals surface area contributed by atoms with Crippen LogP contribution in [0.15, 0.2) is 24.3 Å². The number of nitrogens with zero attached hydrogens (tertiary/aromatic N) is 1. The molecule has 0 fully saturated rings. The summed E-state index contributed by atoms with van der Waals surface area (Å²) in [6, 6.07) is 7.41. The molecule has 0 aliphatic carbocycles. The average molecular weight is 315 g/mol. The maximum atomic E-state index is 11.7. The molecule has 1 aromatic carbocycles. The van der Waals surface area contributed by atoms with Crippen LogP contribution in [0, 0.1) is 0 Å². The number of aromatic nitrogens is 1. The highest BCUT2D eigenvalue weighted by Crippen LogP contribution is 2.29. The average Bonchev–Trinajstić information content (AvgIpc) is 2.37. The van der Waals surface area contributed by atoms with Gasteiger partial charge in [0.2, 0.25) is 0 Å². The highest BCUT2D eigenvalue weighted by molar-refractivity contribution is 9.08. The quantitative estimate of drug-likeness (QED) is 0.628. The fraction of sp³-hybridized carbons (Fsp3) is 0.167. The Morgan fingerprint density at radius 2 is 2.18 bits per heavy atom. The van der Waals surface area contributed by atoms with Gasteiger partial charge in [0.05, 0.1) is 23.3 Å². The molecule has 0 atom stereocenters. The molecule has 3 nitrogen and oxygen atoms in total. The number of rotatable bonds is 2. The molecule has 0 saturated carbocycles. The number of benzene rings is 1. The van der Waals surface area contributed by atoms with Gasteiger partial charge in [-0.1, -0.05) is 45.7 Å². The molecule has 0 radical (unpaired) electrons.